The molecule has 1 aromatic carbocycles. The van der Waals surface area contributed by atoms with Gasteiger partial charge in [0, 0.05) is 17.8 Å². The summed E-state index contributed by atoms with van der Waals surface area (Å²) in [5.74, 6) is 0. The van der Waals surface area contributed by atoms with Gasteiger partial charge in [-0.1, -0.05) is 0 Å². The molecule has 0 radical (unpaired) electrons. The molecule has 2 rings (SSSR count). The molecule has 108 valence electrons. The number of hydrazone groups is 1. The normalized spacial score (nSPS) is 10.7. The molecule has 9 heteroatoms. The number of non-ortho nitro benzene ring substituents is 1. The van der Waals surface area contributed by atoms with E-state index >= 15 is 0 Å². The Kier molecular flexibility index (Phi) is 4.24. The zero-order chi connectivity index (χ0) is 15.4. The minimum absolute atomic E-state index is 0.00699. The fraction of sp³-hybridized carbons (Fsp3) is 0.0833. The molecule has 0 atom stereocenters. The lowest BCUT2D eigenvalue weighted by atomic mass is 10.2. The van der Waals surface area contributed by atoms with Gasteiger partial charge in [0.1, 0.15) is 0 Å². The third kappa shape index (κ3) is 3.60. The Morgan fingerprint density at radius 2 is 2.00 bits per heavy atom. The van der Waals surface area contributed by atoms with Crippen LogP contribution in [0.3, 0.4) is 0 Å². The summed E-state index contributed by atoms with van der Waals surface area (Å²) in [6, 6.07) is 5.75. The zero-order valence-corrected chi connectivity index (χ0v) is 11.7. The average molecular weight is 305 g/mol. The van der Waals surface area contributed by atoms with E-state index in [0.29, 0.717) is 16.9 Å². The molecule has 0 bridgehead atoms. The molecule has 0 aliphatic heterocycles. The molecule has 0 spiro atoms. The van der Waals surface area contributed by atoms with Gasteiger partial charge in [-0.15, -0.1) is 0 Å². The van der Waals surface area contributed by atoms with Crippen molar-refractivity contribution in [3.8, 4) is 0 Å². The Hall–Kier alpha value is -2.81. The van der Waals surface area contributed by atoms with Crippen molar-refractivity contribution in [2.75, 3.05) is 5.43 Å². The number of nitrogens with zero attached hydrogens (tertiary/aromatic N) is 2. The van der Waals surface area contributed by atoms with E-state index in [1.54, 1.807) is 6.92 Å². The van der Waals surface area contributed by atoms with Crippen LogP contribution in [0, 0.1) is 21.8 Å². The van der Waals surface area contributed by atoms with Crippen molar-refractivity contribution >= 4 is 29.8 Å². The van der Waals surface area contributed by atoms with Crippen LogP contribution in [0.25, 0.3) is 0 Å². The fourth-order valence-corrected chi connectivity index (χ4v) is 1.84. The molecular weight excluding hydrogens is 294 g/mol. The van der Waals surface area contributed by atoms with Gasteiger partial charge in [0.15, 0.2) is 4.77 Å². The summed E-state index contributed by atoms with van der Waals surface area (Å²) in [7, 11) is 0. The van der Waals surface area contributed by atoms with Crippen molar-refractivity contribution in [1.82, 2.24) is 9.97 Å². The van der Waals surface area contributed by atoms with Crippen LogP contribution in [0.15, 0.2) is 34.2 Å². The molecule has 0 amide bonds. The molecule has 1 heterocycles. The first-order chi connectivity index (χ1) is 9.97. The van der Waals surface area contributed by atoms with E-state index in [2.05, 4.69) is 20.5 Å². The third-order valence-electron chi connectivity index (χ3n) is 2.64. The highest BCUT2D eigenvalue weighted by molar-refractivity contribution is 7.71. The van der Waals surface area contributed by atoms with Crippen LogP contribution in [0.1, 0.15) is 11.3 Å². The Balaban J connectivity index is 2.14. The lowest BCUT2D eigenvalue weighted by Crippen LogP contribution is -2.16. The highest BCUT2D eigenvalue weighted by Gasteiger charge is 2.03. The van der Waals surface area contributed by atoms with Gasteiger partial charge in [0.2, 0.25) is 0 Å². The number of benzene rings is 1. The Morgan fingerprint density at radius 3 is 2.57 bits per heavy atom. The van der Waals surface area contributed by atoms with E-state index in [9.17, 15) is 14.9 Å². The highest BCUT2D eigenvalue weighted by Crippen LogP contribution is 2.15. The van der Waals surface area contributed by atoms with Crippen molar-refractivity contribution in [3.63, 3.8) is 0 Å². The van der Waals surface area contributed by atoms with E-state index in [4.69, 9.17) is 12.2 Å². The number of anilines is 1. The number of aromatic amines is 2. The molecule has 0 saturated heterocycles. The minimum atomic E-state index is -0.484. The van der Waals surface area contributed by atoms with Gasteiger partial charge < -0.3 is 4.98 Å². The van der Waals surface area contributed by atoms with E-state index < -0.39 is 4.92 Å². The first-order valence-corrected chi connectivity index (χ1v) is 6.25. The van der Waals surface area contributed by atoms with Gasteiger partial charge in [0.05, 0.1) is 22.4 Å². The number of nitro groups is 1. The van der Waals surface area contributed by atoms with Crippen LogP contribution >= 0.6 is 12.2 Å². The van der Waals surface area contributed by atoms with Gasteiger partial charge in [-0.3, -0.25) is 25.3 Å². The van der Waals surface area contributed by atoms with Crippen LogP contribution in [0.5, 0.6) is 0 Å². The average Bonchev–Trinajstić information content (AvgIpc) is 2.42. The van der Waals surface area contributed by atoms with Crippen LogP contribution in [0.2, 0.25) is 0 Å². The van der Waals surface area contributed by atoms with Crippen molar-refractivity contribution in [1.29, 1.82) is 0 Å². The van der Waals surface area contributed by atoms with E-state index in [-0.39, 0.29) is 16.0 Å². The summed E-state index contributed by atoms with van der Waals surface area (Å²) in [6.45, 7) is 1.71. The number of rotatable bonds is 4. The van der Waals surface area contributed by atoms with Gasteiger partial charge in [-0.25, -0.2) is 0 Å². The quantitative estimate of drug-likeness (QED) is 0.346. The van der Waals surface area contributed by atoms with Gasteiger partial charge in [-0.05, 0) is 31.3 Å². The van der Waals surface area contributed by atoms with Gasteiger partial charge in [0.25, 0.3) is 11.2 Å². The lowest BCUT2D eigenvalue weighted by molar-refractivity contribution is -0.384. The molecule has 2 aromatic rings. The second-order valence-electron chi connectivity index (χ2n) is 4.12. The maximum atomic E-state index is 11.7. The van der Waals surface area contributed by atoms with E-state index in [0.717, 1.165) is 0 Å². The number of hydrogen-bond donors (Lipinski definition) is 3. The summed E-state index contributed by atoms with van der Waals surface area (Å²) >= 11 is 4.84. The van der Waals surface area contributed by atoms with Crippen LogP contribution < -0.4 is 11.0 Å². The van der Waals surface area contributed by atoms with Crippen LogP contribution in [0.4, 0.5) is 11.4 Å². The van der Waals surface area contributed by atoms with Crippen LogP contribution in [-0.4, -0.2) is 21.1 Å². The molecule has 8 nitrogen and oxygen atoms in total. The number of H-pyrrole nitrogens is 2. The summed E-state index contributed by atoms with van der Waals surface area (Å²) in [5, 5.41) is 14.4. The number of hydrogen-bond acceptors (Lipinski definition) is 6. The van der Waals surface area contributed by atoms with Gasteiger partial charge >= 0.3 is 0 Å². The molecule has 0 saturated carbocycles. The standard InChI is InChI=1S/C12H11N5O3S/c1-7-10(11(18)15-12(21)14-7)6-13-16-8-2-4-9(5-3-8)17(19)20/h2-6,16H,1H3,(H2,14,15,18,21)/b13-6+. The lowest BCUT2D eigenvalue weighted by Gasteiger charge is -2.01. The third-order valence-corrected chi connectivity index (χ3v) is 2.85. The SMILES string of the molecule is Cc1[nH]c(=S)[nH]c(=O)c1/C=N/Nc1ccc([N+](=O)[O-])cc1. The monoisotopic (exact) mass is 305 g/mol. The second-order valence-corrected chi connectivity index (χ2v) is 4.53. The Labute approximate surface area is 123 Å². The molecular formula is C12H11N5O3S. The molecule has 0 aliphatic rings. The summed E-state index contributed by atoms with van der Waals surface area (Å²) < 4.78 is 0.248. The smallest absolute Gasteiger partial charge is 0.269 e. The molecule has 0 fully saturated rings. The summed E-state index contributed by atoms with van der Waals surface area (Å²) in [6.07, 6.45) is 1.35. The van der Waals surface area contributed by atoms with E-state index in [1.807, 2.05) is 0 Å². The maximum absolute atomic E-state index is 11.7. The van der Waals surface area contributed by atoms with Crippen LogP contribution in [-0.2, 0) is 0 Å². The zero-order valence-electron chi connectivity index (χ0n) is 10.9. The first-order valence-electron chi connectivity index (χ1n) is 5.84. The number of nitrogens with one attached hydrogen (secondary N) is 3. The van der Waals surface area contributed by atoms with E-state index in [1.165, 1.54) is 30.5 Å². The van der Waals surface area contributed by atoms with Gasteiger partial charge in [-0.2, -0.15) is 5.10 Å². The van der Waals surface area contributed by atoms with Crippen molar-refractivity contribution in [3.05, 3.63) is 60.8 Å². The first kappa shape index (κ1) is 14.6. The molecule has 3 N–H and O–H groups in total. The number of nitro benzene ring substituents is 1. The molecule has 0 unspecified atom stereocenters. The van der Waals surface area contributed by atoms with Crippen molar-refractivity contribution in [2.24, 2.45) is 5.10 Å². The Bertz CT molecular complexity index is 807. The van der Waals surface area contributed by atoms with Crippen molar-refractivity contribution < 1.29 is 4.92 Å². The highest BCUT2D eigenvalue weighted by atomic mass is 32.1. The fourth-order valence-electron chi connectivity index (χ4n) is 1.59. The second kappa shape index (κ2) is 6.09. The topological polar surface area (TPSA) is 116 Å². The maximum Gasteiger partial charge on any atom is 0.269 e. The predicted octanol–water partition coefficient (Wildman–Crippen LogP) is 2.10. The predicted molar refractivity (Wildman–Crippen MR) is 81.3 cm³/mol. The largest absolute Gasteiger partial charge is 0.335 e. The molecule has 0 aliphatic carbocycles. The number of aromatic nitrogens is 2. The summed E-state index contributed by atoms with van der Waals surface area (Å²) in [5.41, 5.74) is 3.84. The minimum Gasteiger partial charge on any atom is -0.335 e. The molecule has 1 aromatic heterocycles. The Morgan fingerprint density at radius 1 is 1.33 bits per heavy atom. The molecule has 21 heavy (non-hydrogen) atoms. The number of aryl methyl sites for hydroxylation is 1. The van der Waals surface area contributed by atoms with Crippen molar-refractivity contribution in [2.45, 2.75) is 6.92 Å². The summed E-state index contributed by atoms with van der Waals surface area (Å²) in [4.78, 5) is 27.0.